The van der Waals surface area contributed by atoms with Gasteiger partial charge in [-0.2, -0.15) is 0 Å². The van der Waals surface area contributed by atoms with Crippen molar-refractivity contribution in [1.82, 2.24) is 10.3 Å². The second kappa shape index (κ2) is 7.29. The maximum atomic E-state index is 13.6. The van der Waals surface area contributed by atoms with Crippen LogP contribution in [0.5, 0.6) is 5.75 Å². The van der Waals surface area contributed by atoms with E-state index in [-0.39, 0.29) is 17.2 Å². The van der Waals surface area contributed by atoms with Crippen molar-refractivity contribution in [2.75, 3.05) is 25.1 Å². The van der Waals surface area contributed by atoms with E-state index >= 15 is 0 Å². The standard InChI is InChI=1S/C18H20FN3O2/c1-24-16-6-5-14(10-15(16)19)18(23)21-12-13-4-7-17(20-11-13)22-8-2-3-9-22/h4-7,10-11H,2-3,8-9,12H2,1H3,(H,21,23). The Bertz CT molecular complexity index is 713. The average molecular weight is 329 g/mol. The molecular formula is C18H20FN3O2. The zero-order valence-electron chi connectivity index (χ0n) is 13.6. The van der Waals surface area contributed by atoms with Gasteiger partial charge in [-0.05, 0) is 42.7 Å². The maximum Gasteiger partial charge on any atom is 0.251 e. The van der Waals surface area contributed by atoms with Crippen molar-refractivity contribution < 1.29 is 13.9 Å². The number of nitrogens with zero attached hydrogens (tertiary/aromatic N) is 2. The molecule has 1 amide bonds. The Kier molecular flexibility index (Phi) is 4.93. The summed E-state index contributed by atoms with van der Waals surface area (Å²) in [7, 11) is 1.39. The summed E-state index contributed by atoms with van der Waals surface area (Å²) in [5, 5.41) is 2.77. The van der Waals surface area contributed by atoms with Gasteiger partial charge in [-0.3, -0.25) is 4.79 Å². The first kappa shape index (κ1) is 16.2. The molecule has 0 atom stereocenters. The van der Waals surface area contributed by atoms with Crippen LogP contribution in [0.15, 0.2) is 36.5 Å². The number of hydrogen-bond acceptors (Lipinski definition) is 4. The third-order valence-corrected chi connectivity index (χ3v) is 4.11. The molecule has 0 saturated carbocycles. The molecule has 0 radical (unpaired) electrons. The van der Waals surface area contributed by atoms with Gasteiger partial charge in [0.2, 0.25) is 0 Å². The fourth-order valence-electron chi connectivity index (χ4n) is 2.75. The van der Waals surface area contributed by atoms with E-state index in [2.05, 4.69) is 15.2 Å². The molecule has 1 N–H and O–H groups in total. The minimum atomic E-state index is -0.554. The fourth-order valence-corrected chi connectivity index (χ4v) is 2.75. The molecule has 3 rings (SSSR count). The molecule has 1 aliphatic heterocycles. The summed E-state index contributed by atoms with van der Waals surface area (Å²) in [6, 6.07) is 8.07. The van der Waals surface area contributed by atoms with E-state index in [9.17, 15) is 9.18 Å². The number of nitrogens with one attached hydrogen (secondary N) is 1. The number of anilines is 1. The minimum absolute atomic E-state index is 0.119. The zero-order chi connectivity index (χ0) is 16.9. The number of benzene rings is 1. The van der Waals surface area contributed by atoms with Crippen LogP contribution < -0.4 is 15.0 Å². The van der Waals surface area contributed by atoms with Gasteiger partial charge in [0.05, 0.1) is 7.11 Å². The van der Waals surface area contributed by atoms with Crippen molar-refractivity contribution in [3.8, 4) is 5.75 Å². The molecule has 0 spiro atoms. The lowest BCUT2D eigenvalue weighted by atomic mass is 10.2. The zero-order valence-corrected chi connectivity index (χ0v) is 13.6. The van der Waals surface area contributed by atoms with Crippen molar-refractivity contribution in [2.45, 2.75) is 19.4 Å². The Hall–Kier alpha value is -2.63. The monoisotopic (exact) mass is 329 g/mol. The normalized spacial score (nSPS) is 13.8. The number of hydrogen-bond donors (Lipinski definition) is 1. The van der Waals surface area contributed by atoms with Crippen molar-refractivity contribution in [2.24, 2.45) is 0 Å². The van der Waals surface area contributed by atoms with E-state index < -0.39 is 5.82 Å². The van der Waals surface area contributed by atoms with Crippen LogP contribution in [0.4, 0.5) is 10.2 Å². The van der Waals surface area contributed by atoms with Gasteiger partial charge in [-0.1, -0.05) is 6.07 Å². The molecule has 0 bridgehead atoms. The molecule has 1 aromatic heterocycles. The molecule has 0 unspecified atom stereocenters. The van der Waals surface area contributed by atoms with E-state index in [1.165, 1.54) is 38.2 Å². The largest absolute Gasteiger partial charge is 0.494 e. The second-order valence-corrected chi connectivity index (χ2v) is 5.75. The van der Waals surface area contributed by atoms with E-state index in [1.807, 2.05) is 12.1 Å². The molecule has 6 heteroatoms. The second-order valence-electron chi connectivity index (χ2n) is 5.75. The molecule has 126 valence electrons. The number of halogens is 1. The van der Waals surface area contributed by atoms with Crippen LogP contribution >= 0.6 is 0 Å². The van der Waals surface area contributed by atoms with Crippen LogP contribution in [0.3, 0.4) is 0 Å². The predicted octanol–water partition coefficient (Wildman–Crippen LogP) is 2.76. The Morgan fingerprint density at radius 2 is 2.08 bits per heavy atom. The Labute approximate surface area is 140 Å². The van der Waals surface area contributed by atoms with Gasteiger partial charge in [0.1, 0.15) is 5.82 Å². The number of rotatable bonds is 5. The third kappa shape index (κ3) is 3.64. The van der Waals surface area contributed by atoms with Gasteiger partial charge < -0.3 is 15.0 Å². The van der Waals surface area contributed by atoms with Crippen LogP contribution in [-0.4, -0.2) is 31.1 Å². The van der Waals surface area contributed by atoms with Crippen LogP contribution in [0.2, 0.25) is 0 Å². The lowest BCUT2D eigenvalue weighted by molar-refractivity contribution is 0.0950. The number of ether oxygens (including phenoxy) is 1. The van der Waals surface area contributed by atoms with Crippen LogP contribution in [0.25, 0.3) is 0 Å². The summed E-state index contributed by atoms with van der Waals surface area (Å²) >= 11 is 0. The van der Waals surface area contributed by atoms with Crippen LogP contribution in [-0.2, 0) is 6.54 Å². The number of amides is 1. The lowest BCUT2D eigenvalue weighted by Crippen LogP contribution is -2.23. The molecule has 2 heterocycles. The quantitative estimate of drug-likeness (QED) is 0.916. The molecule has 1 aliphatic rings. The van der Waals surface area contributed by atoms with Crippen molar-refractivity contribution in [1.29, 1.82) is 0 Å². The minimum Gasteiger partial charge on any atom is -0.494 e. The smallest absolute Gasteiger partial charge is 0.251 e. The molecular weight excluding hydrogens is 309 g/mol. The van der Waals surface area contributed by atoms with Crippen molar-refractivity contribution in [3.05, 3.63) is 53.5 Å². The first-order valence-corrected chi connectivity index (χ1v) is 7.99. The summed E-state index contributed by atoms with van der Waals surface area (Å²) < 4.78 is 18.5. The molecule has 2 aromatic rings. The molecule has 1 fully saturated rings. The van der Waals surface area contributed by atoms with Gasteiger partial charge in [0.15, 0.2) is 11.6 Å². The van der Waals surface area contributed by atoms with Crippen molar-refractivity contribution >= 4 is 11.7 Å². The number of carbonyl (C=O) groups excluding carboxylic acids is 1. The predicted molar refractivity (Wildman–Crippen MR) is 89.8 cm³/mol. The molecule has 1 saturated heterocycles. The van der Waals surface area contributed by atoms with Gasteiger partial charge in [0, 0.05) is 31.4 Å². The Morgan fingerprint density at radius 1 is 1.29 bits per heavy atom. The Morgan fingerprint density at radius 3 is 2.71 bits per heavy atom. The summed E-state index contributed by atoms with van der Waals surface area (Å²) in [5.41, 5.74) is 1.16. The summed E-state index contributed by atoms with van der Waals surface area (Å²) in [5.74, 6) is 0.204. The van der Waals surface area contributed by atoms with Gasteiger partial charge >= 0.3 is 0 Å². The van der Waals surface area contributed by atoms with Gasteiger partial charge in [-0.25, -0.2) is 9.37 Å². The molecule has 24 heavy (non-hydrogen) atoms. The number of pyridine rings is 1. The fraction of sp³-hybridized carbons (Fsp3) is 0.333. The molecule has 5 nitrogen and oxygen atoms in total. The third-order valence-electron chi connectivity index (χ3n) is 4.11. The number of aromatic nitrogens is 1. The highest BCUT2D eigenvalue weighted by molar-refractivity contribution is 5.94. The van der Waals surface area contributed by atoms with Crippen LogP contribution in [0, 0.1) is 5.82 Å². The highest BCUT2D eigenvalue weighted by atomic mass is 19.1. The van der Waals surface area contributed by atoms with E-state index in [0.29, 0.717) is 6.54 Å². The van der Waals surface area contributed by atoms with E-state index in [1.54, 1.807) is 6.20 Å². The van der Waals surface area contributed by atoms with E-state index in [4.69, 9.17) is 4.74 Å². The van der Waals surface area contributed by atoms with Gasteiger partial charge in [-0.15, -0.1) is 0 Å². The average Bonchev–Trinajstić information content (AvgIpc) is 3.14. The maximum absolute atomic E-state index is 13.6. The van der Waals surface area contributed by atoms with Crippen molar-refractivity contribution in [3.63, 3.8) is 0 Å². The summed E-state index contributed by atoms with van der Waals surface area (Å²) in [6.45, 7) is 2.44. The Balaban J connectivity index is 1.58. The number of methoxy groups -OCH3 is 1. The summed E-state index contributed by atoms with van der Waals surface area (Å²) in [6.07, 6.45) is 4.18. The highest BCUT2D eigenvalue weighted by Crippen LogP contribution is 2.19. The topological polar surface area (TPSA) is 54.5 Å². The molecule has 0 aliphatic carbocycles. The summed E-state index contributed by atoms with van der Waals surface area (Å²) in [4.78, 5) is 18.8. The highest BCUT2D eigenvalue weighted by Gasteiger charge is 2.13. The van der Waals surface area contributed by atoms with Crippen LogP contribution in [0.1, 0.15) is 28.8 Å². The first-order valence-electron chi connectivity index (χ1n) is 7.99. The SMILES string of the molecule is COc1ccc(C(=O)NCc2ccc(N3CCCC3)nc2)cc1F. The van der Waals surface area contributed by atoms with E-state index in [0.717, 1.165) is 24.5 Å². The first-order chi connectivity index (χ1) is 11.7. The molecule has 1 aromatic carbocycles. The lowest BCUT2D eigenvalue weighted by Gasteiger charge is -2.16. The number of carbonyl (C=O) groups is 1. The van der Waals surface area contributed by atoms with Gasteiger partial charge in [0.25, 0.3) is 5.91 Å².